The molecule has 1 aromatic carbocycles. The number of rotatable bonds is 6. The lowest BCUT2D eigenvalue weighted by atomic mass is 10.1. The van der Waals surface area contributed by atoms with Crippen LogP contribution in [-0.2, 0) is 17.9 Å². The van der Waals surface area contributed by atoms with Gasteiger partial charge in [-0.05, 0) is 24.0 Å². The van der Waals surface area contributed by atoms with Gasteiger partial charge >= 0.3 is 6.18 Å². The molecule has 0 unspecified atom stereocenters. The van der Waals surface area contributed by atoms with Gasteiger partial charge in [-0.15, -0.1) is 0 Å². The van der Waals surface area contributed by atoms with Crippen LogP contribution in [0, 0.1) is 0 Å². The number of ether oxygens (including phenoxy) is 1. The normalized spacial score (nSPS) is 16.4. The van der Waals surface area contributed by atoms with E-state index in [1.165, 1.54) is 25.7 Å². The first-order valence-electron chi connectivity index (χ1n) is 8.16. The van der Waals surface area contributed by atoms with Crippen molar-refractivity contribution in [3.05, 3.63) is 35.4 Å². The van der Waals surface area contributed by atoms with Gasteiger partial charge in [0.1, 0.15) is 6.61 Å². The van der Waals surface area contributed by atoms with E-state index in [1.807, 2.05) is 12.1 Å². The van der Waals surface area contributed by atoms with E-state index in [0.29, 0.717) is 12.6 Å². The molecule has 0 aromatic heterocycles. The molecule has 0 radical (unpaired) electrons. The molecule has 1 aliphatic rings. The highest BCUT2D eigenvalue weighted by atomic mass is 19.4. The van der Waals surface area contributed by atoms with Crippen LogP contribution in [0.4, 0.5) is 13.2 Å². The molecular formula is C17H24F3N3O. The number of hydrogen-bond acceptors (Lipinski definition) is 2. The molecule has 1 fully saturated rings. The smallest absolute Gasteiger partial charge is 0.367 e. The zero-order chi connectivity index (χ0) is 17.4. The van der Waals surface area contributed by atoms with Crippen LogP contribution in [-0.4, -0.2) is 31.8 Å². The van der Waals surface area contributed by atoms with Gasteiger partial charge < -0.3 is 15.4 Å². The maximum Gasteiger partial charge on any atom is 0.411 e. The summed E-state index contributed by atoms with van der Waals surface area (Å²) in [6.45, 7) is -0.659. The van der Waals surface area contributed by atoms with Crippen molar-refractivity contribution in [2.75, 3.05) is 13.7 Å². The van der Waals surface area contributed by atoms with Crippen molar-refractivity contribution in [1.29, 1.82) is 0 Å². The van der Waals surface area contributed by atoms with Gasteiger partial charge in [-0.1, -0.05) is 37.1 Å². The highest BCUT2D eigenvalue weighted by Gasteiger charge is 2.27. The molecule has 0 heterocycles. The molecule has 4 nitrogen and oxygen atoms in total. The Balaban J connectivity index is 1.74. The third-order valence-electron chi connectivity index (χ3n) is 3.94. The minimum Gasteiger partial charge on any atom is -0.367 e. The summed E-state index contributed by atoms with van der Waals surface area (Å²) in [7, 11) is 1.74. The molecule has 7 heteroatoms. The summed E-state index contributed by atoms with van der Waals surface area (Å²) in [6.07, 6.45) is 0.575. The first-order chi connectivity index (χ1) is 11.5. The minimum absolute atomic E-state index is 0.0435. The maximum absolute atomic E-state index is 12.0. The van der Waals surface area contributed by atoms with E-state index in [2.05, 4.69) is 20.4 Å². The summed E-state index contributed by atoms with van der Waals surface area (Å²) in [6, 6.07) is 7.80. The average Bonchev–Trinajstić information content (AvgIpc) is 3.04. The molecule has 0 spiro atoms. The predicted octanol–water partition coefficient (Wildman–Crippen LogP) is 3.37. The largest absolute Gasteiger partial charge is 0.411 e. The Morgan fingerprint density at radius 2 is 1.79 bits per heavy atom. The first kappa shape index (κ1) is 18.6. The highest BCUT2D eigenvalue weighted by Crippen LogP contribution is 2.17. The molecule has 24 heavy (non-hydrogen) atoms. The van der Waals surface area contributed by atoms with Crippen molar-refractivity contribution in [3.63, 3.8) is 0 Å². The summed E-state index contributed by atoms with van der Waals surface area (Å²) >= 11 is 0. The van der Waals surface area contributed by atoms with Crippen LogP contribution in [0.1, 0.15) is 36.8 Å². The van der Waals surface area contributed by atoms with Gasteiger partial charge in [0.25, 0.3) is 0 Å². The van der Waals surface area contributed by atoms with Crippen molar-refractivity contribution in [2.45, 2.75) is 51.1 Å². The second-order valence-corrected chi connectivity index (χ2v) is 5.98. The topological polar surface area (TPSA) is 45.7 Å². The van der Waals surface area contributed by atoms with E-state index in [1.54, 1.807) is 19.2 Å². The molecule has 1 saturated carbocycles. The summed E-state index contributed by atoms with van der Waals surface area (Å²) in [5.41, 5.74) is 1.75. The van der Waals surface area contributed by atoms with Gasteiger partial charge in [0, 0.05) is 19.6 Å². The SMILES string of the molecule is CN=C(NCc1ccc(COCC(F)(F)F)cc1)NC1CCCC1. The number of nitrogens with one attached hydrogen (secondary N) is 2. The Labute approximate surface area is 140 Å². The fourth-order valence-corrected chi connectivity index (χ4v) is 2.68. The monoisotopic (exact) mass is 343 g/mol. The van der Waals surface area contributed by atoms with Crippen molar-refractivity contribution < 1.29 is 17.9 Å². The van der Waals surface area contributed by atoms with Crippen molar-refractivity contribution in [2.24, 2.45) is 4.99 Å². The second kappa shape index (κ2) is 8.92. The molecule has 0 aliphatic heterocycles. The lowest BCUT2D eigenvalue weighted by molar-refractivity contribution is -0.176. The van der Waals surface area contributed by atoms with E-state index in [0.717, 1.165) is 17.1 Å². The summed E-state index contributed by atoms with van der Waals surface area (Å²) in [4.78, 5) is 4.22. The average molecular weight is 343 g/mol. The Kier molecular flexibility index (Phi) is 6.90. The number of hydrogen-bond donors (Lipinski definition) is 2. The second-order valence-electron chi connectivity index (χ2n) is 5.98. The van der Waals surface area contributed by atoms with E-state index in [4.69, 9.17) is 0 Å². The van der Waals surface area contributed by atoms with Gasteiger partial charge in [0.15, 0.2) is 5.96 Å². The molecule has 134 valence electrons. The minimum atomic E-state index is -4.29. The van der Waals surface area contributed by atoms with Gasteiger partial charge in [-0.3, -0.25) is 4.99 Å². The Hall–Kier alpha value is -1.76. The zero-order valence-corrected chi connectivity index (χ0v) is 13.8. The summed E-state index contributed by atoms with van der Waals surface area (Å²) in [5, 5.41) is 6.66. The third-order valence-corrected chi connectivity index (χ3v) is 3.94. The molecule has 1 aliphatic carbocycles. The molecule has 2 rings (SSSR count). The third kappa shape index (κ3) is 6.78. The van der Waals surface area contributed by atoms with E-state index in [-0.39, 0.29) is 6.61 Å². The zero-order valence-electron chi connectivity index (χ0n) is 13.8. The molecule has 2 N–H and O–H groups in total. The van der Waals surface area contributed by atoms with Gasteiger partial charge in [0.2, 0.25) is 0 Å². The maximum atomic E-state index is 12.0. The standard InChI is InChI=1S/C17H24F3N3O/c1-21-16(23-15-4-2-3-5-15)22-10-13-6-8-14(9-7-13)11-24-12-17(18,19)20/h6-9,15H,2-5,10-12H2,1H3,(H2,21,22,23). The Morgan fingerprint density at radius 1 is 1.17 bits per heavy atom. The first-order valence-corrected chi connectivity index (χ1v) is 8.16. The Bertz CT molecular complexity index is 523. The van der Waals surface area contributed by atoms with Gasteiger partial charge in [0.05, 0.1) is 6.61 Å². The fraction of sp³-hybridized carbons (Fsp3) is 0.588. The van der Waals surface area contributed by atoms with Crippen LogP contribution in [0.25, 0.3) is 0 Å². The number of halogens is 3. The fourth-order valence-electron chi connectivity index (χ4n) is 2.68. The Morgan fingerprint density at radius 3 is 2.38 bits per heavy atom. The van der Waals surface area contributed by atoms with Crippen LogP contribution in [0.5, 0.6) is 0 Å². The molecule has 0 bridgehead atoms. The number of benzene rings is 1. The summed E-state index contributed by atoms with van der Waals surface area (Å²) in [5.74, 6) is 0.777. The molecular weight excluding hydrogens is 319 g/mol. The summed E-state index contributed by atoms with van der Waals surface area (Å²) < 4.78 is 40.7. The molecule has 1 aromatic rings. The molecule has 0 saturated heterocycles. The van der Waals surface area contributed by atoms with E-state index in [9.17, 15) is 13.2 Å². The predicted molar refractivity (Wildman–Crippen MR) is 87.7 cm³/mol. The van der Waals surface area contributed by atoms with Crippen molar-refractivity contribution >= 4 is 5.96 Å². The van der Waals surface area contributed by atoms with Crippen LogP contribution >= 0.6 is 0 Å². The lowest BCUT2D eigenvalue weighted by Gasteiger charge is -2.17. The van der Waals surface area contributed by atoms with Gasteiger partial charge in [-0.2, -0.15) is 13.2 Å². The van der Waals surface area contributed by atoms with Crippen molar-refractivity contribution in [3.8, 4) is 0 Å². The van der Waals surface area contributed by atoms with Crippen LogP contribution < -0.4 is 10.6 Å². The highest BCUT2D eigenvalue weighted by molar-refractivity contribution is 5.79. The number of alkyl halides is 3. The number of nitrogens with zero attached hydrogens (tertiary/aromatic N) is 1. The molecule has 0 atom stereocenters. The van der Waals surface area contributed by atoms with E-state index < -0.39 is 12.8 Å². The lowest BCUT2D eigenvalue weighted by Crippen LogP contribution is -2.41. The van der Waals surface area contributed by atoms with Gasteiger partial charge in [-0.25, -0.2) is 0 Å². The number of aliphatic imine (C=N–C) groups is 1. The quantitative estimate of drug-likeness (QED) is 0.615. The van der Waals surface area contributed by atoms with Crippen LogP contribution in [0.2, 0.25) is 0 Å². The van der Waals surface area contributed by atoms with Crippen LogP contribution in [0.3, 0.4) is 0 Å². The number of guanidine groups is 1. The molecule has 0 amide bonds. The van der Waals surface area contributed by atoms with Crippen molar-refractivity contribution in [1.82, 2.24) is 10.6 Å². The van der Waals surface area contributed by atoms with Crippen LogP contribution in [0.15, 0.2) is 29.3 Å². The van der Waals surface area contributed by atoms with E-state index >= 15 is 0 Å².